The monoisotopic (exact) mass is 340 g/mol. The van der Waals surface area contributed by atoms with Crippen molar-refractivity contribution in [1.29, 1.82) is 0 Å². The second-order valence-corrected chi connectivity index (χ2v) is 5.61. The molecule has 0 bridgehead atoms. The second kappa shape index (κ2) is 6.68. The van der Waals surface area contributed by atoms with Gasteiger partial charge in [0.15, 0.2) is 17.2 Å². The first-order valence-corrected chi connectivity index (χ1v) is 7.56. The predicted molar refractivity (Wildman–Crippen MR) is 91.3 cm³/mol. The summed E-state index contributed by atoms with van der Waals surface area (Å²) in [5, 5.41) is 7.05. The third-order valence-electron chi connectivity index (χ3n) is 3.40. The highest BCUT2D eigenvalue weighted by molar-refractivity contribution is 6.30. The summed E-state index contributed by atoms with van der Waals surface area (Å²) in [6, 6.07) is 15.2. The third-order valence-corrected chi connectivity index (χ3v) is 3.64. The van der Waals surface area contributed by atoms with E-state index in [-0.39, 0.29) is 11.5 Å². The van der Waals surface area contributed by atoms with E-state index in [1.165, 1.54) is 6.92 Å². The smallest absolute Gasteiger partial charge is 0.277 e. The number of nitrogens with zero attached hydrogens (tertiary/aromatic N) is 1. The second-order valence-electron chi connectivity index (χ2n) is 5.17. The van der Waals surface area contributed by atoms with Gasteiger partial charge in [-0.05, 0) is 43.3 Å². The number of carbonyl (C=O) groups excluding carboxylic acids is 2. The maximum Gasteiger partial charge on any atom is 0.277 e. The van der Waals surface area contributed by atoms with Gasteiger partial charge in [0.05, 0.1) is 0 Å². The van der Waals surface area contributed by atoms with E-state index in [0.717, 1.165) is 5.56 Å². The zero-order valence-corrected chi connectivity index (χ0v) is 13.5. The van der Waals surface area contributed by atoms with Crippen LogP contribution in [0.1, 0.15) is 27.8 Å². The Balaban J connectivity index is 1.75. The summed E-state index contributed by atoms with van der Waals surface area (Å²) in [6.45, 7) is 1.49. The molecule has 0 radical (unpaired) electrons. The van der Waals surface area contributed by atoms with Gasteiger partial charge in [-0.2, -0.15) is 0 Å². The maximum atomic E-state index is 12.2. The van der Waals surface area contributed by atoms with Crippen LogP contribution in [-0.2, 0) is 0 Å². The number of halogens is 1. The molecule has 0 atom stereocenters. The van der Waals surface area contributed by atoms with E-state index < -0.39 is 5.91 Å². The van der Waals surface area contributed by atoms with E-state index in [1.54, 1.807) is 48.5 Å². The number of anilines is 1. The number of hydrogen-bond donors (Lipinski definition) is 1. The Labute approximate surface area is 143 Å². The summed E-state index contributed by atoms with van der Waals surface area (Å²) in [5.41, 5.74) is 2.04. The molecule has 24 heavy (non-hydrogen) atoms. The molecule has 1 amide bonds. The van der Waals surface area contributed by atoms with E-state index in [2.05, 4.69) is 10.5 Å². The molecule has 0 aliphatic carbocycles. The Kier molecular flexibility index (Phi) is 4.44. The number of aromatic nitrogens is 1. The van der Waals surface area contributed by atoms with Gasteiger partial charge in [0.2, 0.25) is 0 Å². The number of hydrogen-bond acceptors (Lipinski definition) is 4. The molecule has 3 rings (SSSR count). The van der Waals surface area contributed by atoms with Crippen molar-refractivity contribution in [2.45, 2.75) is 6.92 Å². The van der Waals surface area contributed by atoms with Crippen molar-refractivity contribution in [3.8, 4) is 11.3 Å². The standard InChI is InChI=1S/C18H13ClN2O3/c1-11(22)12-5-7-15(8-6-12)20-18(23)16-10-17(24-21-16)13-3-2-4-14(19)9-13/h2-10H,1H3,(H,20,23). The largest absolute Gasteiger partial charge is 0.355 e. The summed E-state index contributed by atoms with van der Waals surface area (Å²) in [7, 11) is 0. The van der Waals surface area contributed by atoms with Crippen molar-refractivity contribution in [2.75, 3.05) is 5.32 Å². The van der Waals surface area contributed by atoms with Crippen molar-refractivity contribution in [3.05, 3.63) is 70.9 Å². The molecule has 0 fully saturated rings. The summed E-state index contributed by atoms with van der Waals surface area (Å²) in [4.78, 5) is 23.5. The van der Waals surface area contributed by atoms with Gasteiger partial charge in [-0.15, -0.1) is 0 Å². The zero-order chi connectivity index (χ0) is 17.1. The van der Waals surface area contributed by atoms with Crippen LogP contribution >= 0.6 is 11.6 Å². The van der Waals surface area contributed by atoms with Crippen molar-refractivity contribution < 1.29 is 14.1 Å². The minimum absolute atomic E-state index is 0.0319. The number of rotatable bonds is 4. The van der Waals surface area contributed by atoms with E-state index in [4.69, 9.17) is 16.1 Å². The van der Waals surface area contributed by atoms with Gasteiger partial charge in [-0.3, -0.25) is 9.59 Å². The van der Waals surface area contributed by atoms with E-state index in [0.29, 0.717) is 22.0 Å². The van der Waals surface area contributed by atoms with Crippen LogP contribution in [0.3, 0.4) is 0 Å². The normalized spacial score (nSPS) is 10.4. The Bertz CT molecular complexity index is 901. The van der Waals surface area contributed by atoms with Crippen LogP contribution in [0.15, 0.2) is 59.1 Å². The lowest BCUT2D eigenvalue weighted by Crippen LogP contribution is -2.12. The van der Waals surface area contributed by atoms with Crippen LogP contribution in [0.25, 0.3) is 11.3 Å². The van der Waals surface area contributed by atoms with Crippen molar-refractivity contribution in [1.82, 2.24) is 5.16 Å². The molecule has 0 spiro atoms. The van der Waals surface area contributed by atoms with Crippen LogP contribution in [0.5, 0.6) is 0 Å². The van der Waals surface area contributed by atoms with Gasteiger partial charge in [0.25, 0.3) is 5.91 Å². The molecule has 120 valence electrons. The topological polar surface area (TPSA) is 72.2 Å². The molecular weight excluding hydrogens is 328 g/mol. The molecule has 5 nitrogen and oxygen atoms in total. The average Bonchev–Trinajstić information content (AvgIpc) is 3.05. The molecule has 0 saturated heterocycles. The lowest BCUT2D eigenvalue weighted by molar-refractivity contribution is 0.101. The summed E-state index contributed by atoms with van der Waals surface area (Å²) in [6.07, 6.45) is 0. The fraction of sp³-hybridized carbons (Fsp3) is 0.0556. The third kappa shape index (κ3) is 3.52. The Morgan fingerprint density at radius 3 is 2.50 bits per heavy atom. The van der Waals surface area contributed by atoms with Gasteiger partial charge in [-0.25, -0.2) is 0 Å². The van der Waals surface area contributed by atoms with E-state index >= 15 is 0 Å². The highest BCUT2D eigenvalue weighted by Gasteiger charge is 2.14. The number of Topliss-reactive ketones (excluding diaryl/α,β-unsaturated/α-hetero) is 1. The molecule has 0 saturated carbocycles. The predicted octanol–water partition coefficient (Wildman–Crippen LogP) is 4.45. The number of benzene rings is 2. The lowest BCUT2D eigenvalue weighted by Gasteiger charge is -2.03. The number of carbonyl (C=O) groups is 2. The van der Waals surface area contributed by atoms with Gasteiger partial charge in [0.1, 0.15) is 0 Å². The van der Waals surface area contributed by atoms with Crippen molar-refractivity contribution in [2.24, 2.45) is 0 Å². The van der Waals surface area contributed by atoms with Crippen LogP contribution < -0.4 is 5.32 Å². The number of amides is 1. The van der Waals surface area contributed by atoms with E-state index in [1.807, 2.05) is 6.07 Å². The quantitative estimate of drug-likeness (QED) is 0.712. The fourth-order valence-electron chi connectivity index (χ4n) is 2.14. The Hall–Kier alpha value is -2.92. The van der Waals surface area contributed by atoms with Gasteiger partial charge in [0, 0.05) is 27.9 Å². The maximum absolute atomic E-state index is 12.2. The van der Waals surface area contributed by atoms with Gasteiger partial charge < -0.3 is 9.84 Å². The SMILES string of the molecule is CC(=O)c1ccc(NC(=O)c2cc(-c3cccc(Cl)c3)on2)cc1. The summed E-state index contributed by atoms with van der Waals surface area (Å²) < 4.78 is 5.20. The fourth-order valence-corrected chi connectivity index (χ4v) is 2.33. The molecule has 0 unspecified atom stereocenters. The van der Waals surface area contributed by atoms with Crippen molar-refractivity contribution >= 4 is 29.0 Å². The molecule has 0 aliphatic heterocycles. The van der Waals surface area contributed by atoms with Crippen LogP contribution in [0.2, 0.25) is 5.02 Å². The molecule has 1 aromatic heterocycles. The first kappa shape index (κ1) is 16.0. The summed E-state index contributed by atoms with van der Waals surface area (Å²) >= 11 is 5.94. The zero-order valence-electron chi connectivity index (χ0n) is 12.7. The Morgan fingerprint density at radius 2 is 1.83 bits per heavy atom. The molecule has 2 aromatic carbocycles. The summed E-state index contributed by atoms with van der Waals surface area (Å²) in [5.74, 6) is 0.0210. The van der Waals surface area contributed by atoms with Crippen molar-refractivity contribution in [3.63, 3.8) is 0 Å². The highest BCUT2D eigenvalue weighted by Crippen LogP contribution is 2.23. The number of ketones is 1. The molecule has 1 N–H and O–H groups in total. The van der Waals surface area contributed by atoms with Crippen LogP contribution in [0.4, 0.5) is 5.69 Å². The highest BCUT2D eigenvalue weighted by atomic mass is 35.5. The molecule has 6 heteroatoms. The van der Waals surface area contributed by atoms with Crippen LogP contribution in [-0.4, -0.2) is 16.8 Å². The minimum Gasteiger partial charge on any atom is -0.355 e. The first-order chi connectivity index (χ1) is 11.5. The van der Waals surface area contributed by atoms with E-state index in [9.17, 15) is 9.59 Å². The first-order valence-electron chi connectivity index (χ1n) is 7.18. The molecule has 0 aliphatic rings. The lowest BCUT2D eigenvalue weighted by atomic mass is 10.1. The average molecular weight is 341 g/mol. The molecule has 1 heterocycles. The van der Waals surface area contributed by atoms with Gasteiger partial charge in [-0.1, -0.05) is 28.9 Å². The molecule has 3 aromatic rings. The molecular formula is C18H13ClN2O3. The van der Waals surface area contributed by atoms with Gasteiger partial charge >= 0.3 is 0 Å². The minimum atomic E-state index is -0.400. The van der Waals surface area contributed by atoms with Crippen LogP contribution in [0, 0.1) is 0 Å². The Morgan fingerprint density at radius 1 is 1.08 bits per heavy atom. The number of nitrogens with one attached hydrogen (secondary N) is 1.